The molecule has 23 heavy (non-hydrogen) atoms. The van der Waals surface area contributed by atoms with Gasteiger partial charge in [0.05, 0.1) is 12.2 Å². The minimum atomic E-state index is -0.617. The zero-order valence-corrected chi connectivity index (χ0v) is 16.1. The van der Waals surface area contributed by atoms with Crippen LogP contribution in [0.1, 0.15) is 98.3 Å². The normalized spacial score (nSPS) is 16.3. The second-order valence-corrected chi connectivity index (χ2v) is 8.26. The van der Waals surface area contributed by atoms with E-state index in [2.05, 4.69) is 20.8 Å². The van der Waals surface area contributed by atoms with Crippen LogP contribution in [-0.2, 0) is 0 Å². The SMILES string of the molecule is CC(C(O)C(O)CCCCCCCCCCCCO)C(C)(C)C. The quantitative estimate of drug-likeness (QED) is 0.405. The summed E-state index contributed by atoms with van der Waals surface area (Å²) in [6, 6.07) is 0. The van der Waals surface area contributed by atoms with Crippen molar-refractivity contribution in [1.82, 2.24) is 0 Å². The first-order valence-corrected chi connectivity index (χ1v) is 9.77. The molecule has 0 bridgehead atoms. The smallest absolute Gasteiger partial charge is 0.0829 e. The zero-order valence-electron chi connectivity index (χ0n) is 16.1. The highest BCUT2D eigenvalue weighted by Crippen LogP contribution is 2.30. The molecule has 3 nitrogen and oxygen atoms in total. The van der Waals surface area contributed by atoms with Crippen LogP contribution in [0.25, 0.3) is 0 Å². The van der Waals surface area contributed by atoms with Gasteiger partial charge in [0.2, 0.25) is 0 Å². The summed E-state index contributed by atoms with van der Waals surface area (Å²) in [5.41, 5.74) is 0.0254. The van der Waals surface area contributed by atoms with Crippen LogP contribution in [0.3, 0.4) is 0 Å². The van der Waals surface area contributed by atoms with E-state index in [1.54, 1.807) is 0 Å². The van der Waals surface area contributed by atoms with Crippen molar-refractivity contribution in [2.24, 2.45) is 11.3 Å². The fraction of sp³-hybridized carbons (Fsp3) is 1.00. The molecule has 3 N–H and O–H groups in total. The summed E-state index contributed by atoms with van der Waals surface area (Å²) in [7, 11) is 0. The van der Waals surface area contributed by atoms with Gasteiger partial charge in [0.1, 0.15) is 0 Å². The lowest BCUT2D eigenvalue weighted by Crippen LogP contribution is -2.38. The van der Waals surface area contributed by atoms with Gasteiger partial charge in [-0.25, -0.2) is 0 Å². The molecule has 0 aliphatic rings. The molecular weight excluding hydrogens is 288 g/mol. The van der Waals surface area contributed by atoms with E-state index in [1.807, 2.05) is 6.92 Å². The highest BCUT2D eigenvalue weighted by Gasteiger charge is 2.31. The molecule has 0 aromatic carbocycles. The van der Waals surface area contributed by atoms with Gasteiger partial charge >= 0.3 is 0 Å². The van der Waals surface area contributed by atoms with Crippen molar-refractivity contribution in [3.8, 4) is 0 Å². The van der Waals surface area contributed by atoms with Crippen LogP contribution < -0.4 is 0 Å². The van der Waals surface area contributed by atoms with E-state index >= 15 is 0 Å². The van der Waals surface area contributed by atoms with Crippen LogP contribution in [0.15, 0.2) is 0 Å². The molecule has 3 heteroatoms. The molecule has 0 saturated heterocycles. The second-order valence-electron chi connectivity index (χ2n) is 8.26. The minimum absolute atomic E-state index is 0.0254. The molecule has 140 valence electrons. The van der Waals surface area contributed by atoms with Crippen LogP contribution in [0.4, 0.5) is 0 Å². The Hall–Kier alpha value is -0.120. The molecule has 0 rings (SSSR count). The van der Waals surface area contributed by atoms with Crippen molar-refractivity contribution in [1.29, 1.82) is 0 Å². The lowest BCUT2D eigenvalue weighted by atomic mass is 9.76. The molecule has 0 aliphatic heterocycles. The van der Waals surface area contributed by atoms with Gasteiger partial charge in [-0.3, -0.25) is 0 Å². The van der Waals surface area contributed by atoms with Crippen LogP contribution in [0, 0.1) is 11.3 Å². The first-order chi connectivity index (χ1) is 10.8. The maximum atomic E-state index is 10.2. The van der Waals surface area contributed by atoms with E-state index in [9.17, 15) is 10.2 Å². The standard InChI is InChI=1S/C20H42O3/c1-17(20(2,3)4)19(23)18(22)15-13-11-9-7-5-6-8-10-12-14-16-21/h17-19,21-23H,5-16H2,1-4H3. The molecule has 0 aromatic heterocycles. The molecule has 0 aliphatic carbocycles. The number of aliphatic hydroxyl groups excluding tert-OH is 3. The Labute approximate surface area is 144 Å². The van der Waals surface area contributed by atoms with Gasteiger partial charge in [0.25, 0.3) is 0 Å². The largest absolute Gasteiger partial charge is 0.396 e. The lowest BCUT2D eigenvalue weighted by molar-refractivity contribution is -0.0462. The first kappa shape index (κ1) is 22.9. The van der Waals surface area contributed by atoms with Crippen molar-refractivity contribution in [3.63, 3.8) is 0 Å². The third-order valence-corrected chi connectivity index (χ3v) is 5.18. The summed E-state index contributed by atoms with van der Waals surface area (Å²) in [6.07, 6.45) is 11.4. The molecule has 3 atom stereocenters. The van der Waals surface area contributed by atoms with Crippen LogP contribution in [-0.4, -0.2) is 34.1 Å². The lowest BCUT2D eigenvalue weighted by Gasteiger charge is -2.33. The average Bonchev–Trinajstić information content (AvgIpc) is 2.50. The summed E-state index contributed by atoms with van der Waals surface area (Å²) in [5, 5.41) is 29.0. The van der Waals surface area contributed by atoms with Crippen molar-refractivity contribution in [2.75, 3.05) is 6.61 Å². The molecule has 0 saturated carbocycles. The Balaban J connectivity index is 3.50. The topological polar surface area (TPSA) is 60.7 Å². The predicted molar refractivity (Wildman–Crippen MR) is 98.5 cm³/mol. The van der Waals surface area contributed by atoms with Gasteiger partial charge in [-0.05, 0) is 24.2 Å². The highest BCUT2D eigenvalue weighted by atomic mass is 16.3. The van der Waals surface area contributed by atoms with Gasteiger partial charge in [0, 0.05) is 6.61 Å². The van der Waals surface area contributed by atoms with E-state index in [-0.39, 0.29) is 11.3 Å². The molecular formula is C20H42O3. The van der Waals surface area contributed by atoms with Gasteiger partial charge < -0.3 is 15.3 Å². The number of hydrogen-bond acceptors (Lipinski definition) is 3. The monoisotopic (exact) mass is 330 g/mol. The van der Waals surface area contributed by atoms with E-state index in [1.165, 1.54) is 38.5 Å². The number of aliphatic hydroxyl groups is 3. The minimum Gasteiger partial charge on any atom is -0.396 e. The maximum absolute atomic E-state index is 10.2. The molecule has 0 radical (unpaired) electrons. The Morgan fingerprint density at radius 3 is 1.48 bits per heavy atom. The Kier molecular flexibility index (Phi) is 13.1. The highest BCUT2D eigenvalue weighted by molar-refractivity contribution is 4.81. The molecule has 0 amide bonds. The van der Waals surface area contributed by atoms with Gasteiger partial charge in [-0.1, -0.05) is 85.5 Å². The van der Waals surface area contributed by atoms with E-state index < -0.39 is 12.2 Å². The number of hydrogen-bond donors (Lipinski definition) is 3. The Bertz CT molecular complexity index is 260. The van der Waals surface area contributed by atoms with Crippen LogP contribution in [0.2, 0.25) is 0 Å². The first-order valence-electron chi connectivity index (χ1n) is 9.77. The zero-order chi connectivity index (χ0) is 17.7. The molecule has 0 fully saturated rings. The predicted octanol–water partition coefficient (Wildman–Crippen LogP) is 4.67. The number of unbranched alkanes of at least 4 members (excludes halogenated alkanes) is 9. The second kappa shape index (κ2) is 13.2. The third kappa shape index (κ3) is 12.0. The maximum Gasteiger partial charge on any atom is 0.0829 e. The van der Waals surface area contributed by atoms with Crippen molar-refractivity contribution in [3.05, 3.63) is 0 Å². The van der Waals surface area contributed by atoms with Gasteiger partial charge in [-0.2, -0.15) is 0 Å². The average molecular weight is 331 g/mol. The summed E-state index contributed by atoms with van der Waals surface area (Å²) < 4.78 is 0. The van der Waals surface area contributed by atoms with Crippen LogP contribution >= 0.6 is 0 Å². The molecule has 0 heterocycles. The van der Waals surface area contributed by atoms with E-state index in [0.29, 0.717) is 13.0 Å². The van der Waals surface area contributed by atoms with Gasteiger partial charge in [-0.15, -0.1) is 0 Å². The fourth-order valence-corrected chi connectivity index (χ4v) is 2.90. The molecule has 0 aromatic rings. The molecule has 3 unspecified atom stereocenters. The van der Waals surface area contributed by atoms with E-state index in [4.69, 9.17) is 5.11 Å². The third-order valence-electron chi connectivity index (χ3n) is 5.18. The van der Waals surface area contributed by atoms with Gasteiger partial charge in [0.15, 0.2) is 0 Å². The molecule has 0 spiro atoms. The Morgan fingerprint density at radius 1 is 0.696 bits per heavy atom. The summed E-state index contributed by atoms with van der Waals surface area (Å²) in [5.74, 6) is 0.100. The summed E-state index contributed by atoms with van der Waals surface area (Å²) in [6.45, 7) is 8.68. The fourth-order valence-electron chi connectivity index (χ4n) is 2.90. The van der Waals surface area contributed by atoms with Crippen LogP contribution in [0.5, 0.6) is 0 Å². The van der Waals surface area contributed by atoms with Crippen molar-refractivity contribution in [2.45, 2.75) is 111 Å². The Morgan fingerprint density at radius 2 is 1.09 bits per heavy atom. The van der Waals surface area contributed by atoms with Crippen molar-refractivity contribution < 1.29 is 15.3 Å². The summed E-state index contributed by atoms with van der Waals surface area (Å²) >= 11 is 0. The number of rotatable bonds is 14. The van der Waals surface area contributed by atoms with E-state index in [0.717, 1.165) is 25.7 Å². The van der Waals surface area contributed by atoms with Crippen molar-refractivity contribution >= 4 is 0 Å². The summed E-state index contributed by atoms with van der Waals surface area (Å²) in [4.78, 5) is 0.